The highest BCUT2D eigenvalue weighted by Crippen LogP contribution is 2.09. The molecule has 0 amide bonds. The summed E-state index contributed by atoms with van der Waals surface area (Å²) >= 11 is 0. The van der Waals surface area contributed by atoms with E-state index < -0.39 is 0 Å². The molecule has 0 bridgehead atoms. The minimum Gasteiger partial charge on any atom is -0.462 e. The van der Waals surface area contributed by atoms with Gasteiger partial charge in [-0.2, -0.15) is 0 Å². The summed E-state index contributed by atoms with van der Waals surface area (Å²) in [4.78, 5) is 10.6. The van der Waals surface area contributed by atoms with Gasteiger partial charge in [-0.15, -0.1) is 0 Å². The van der Waals surface area contributed by atoms with Gasteiger partial charge in [-0.05, 0) is 24.9 Å². The Labute approximate surface area is 86.5 Å². The fourth-order valence-electron chi connectivity index (χ4n) is 0.892. The van der Waals surface area contributed by atoms with Crippen molar-refractivity contribution in [1.82, 2.24) is 5.32 Å². The summed E-state index contributed by atoms with van der Waals surface area (Å²) in [6, 6.07) is 0. The van der Waals surface area contributed by atoms with E-state index in [2.05, 4.69) is 32.7 Å². The molecule has 82 valence electrons. The van der Waals surface area contributed by atoms with Gasteiger partial charge in [-0.25, -0.2) is 4.79 Å². The molecule has 0 radical (unpaired) electrons. The zero-order chi connectivity index (χ0) is 11.0. The Bertz CT molecular complexity index is 182. The number of esters is 1. The molecule has 1 N–H and O–H groups in total. The summed E-state index contributed by atoms with van der Waals surface area (Å²) in [5.74, 6) is -0.346. The summed E-state index contributed by atoms with van der Waals surface area (Å²) in [5.41, 5.74) is 0.303. The number of hydrogen-bond acceptors (Lipinski definition) is 3. The fourth-order valence-corrected chi connectivity index (χ4v) is 0.892. The lowest BCUT2D eigenvalue weighted by Crippen LogP contribution is -2.28. The second-order valence-corrected chi connectivity index (χ2v) is 4.46. The largest absolute Gasteiger partial charge is 0.462 e. The van der Waals surface area contributed by atoms with Crippen molar-refractivity contribution in [2.24, 2.45) is 5.41 Å². The van der Waals surface area contributed by atoms with Crippen molar-refractivity contribution in [3.8, 4) is 0 Å². The second-order valence-electron chi connectivity index (χ2n) is 4.46. The number of carbonyl (C=O) groups is 1. The predicted molar refractivity (Wildman–Crippen MR) is 58.1 cm³/mol. The summed E-state index contributed by atoms with van der Waals surface area (Å²) in [6.45, 7) is 12.2. The first kappa shape index (κ1) is 13.2. The van der Waals surface area contributed by atoms with Crippen molar-refractivity contribution in [2.45, 2.75) is 27.2 Å². The molecular formula is C11H21NO2. The molecule has 0 unspecified atom stereocenters. The fraction of sp³-hybridized carbons (Fsp3) is 0.727. The van der Waals surface area contributed by atoms with Crippen LogP contribution >= 0.6 is 0 Å². The van der Waals surface area contributed by atoms with E-state index in [0.29, 0.717) is 12.0 Å². The molecule has 0 atom stereocenters. The van der Waals surface area contributed by atoms with Crippen molar-refractivity contribution in [2.75, 3.05) is 19.7 Å². The second kappa shape index (κ2) is 6.60. The third kappa shape index (κ3) is 9.26. The Morgan fingerprint density at radius 3 is 2.64 bits per heavy atom. The maximum absolute atomic E-state index is 10.6. The van der Waals surface area contributed by atoms with E-state index in [1.54, 1.807) is 0 Å². The maximum Gasteiger partial charge on any atom is 0.330 e. The van der Waals surface area contributed by atoms with E-state index in [-0.39, 0.29) is 5.97 Å². The maximum atomic E-state index is 10.6. The number of ether oxygens (including phenoxy) is 1. The van der Waals surface area contributed by atoms with Crippen LogP contribution in [0.2, 0.25) is 0 Å². The molecule has 3 nitrogen and oxygen atoms in total. The highest BCUT2D eigenvalue weighted by molar-refractivity contribution is 5.81. The number of carbonyl (C=O) groups excluding carboxylic acids is 1. The Morgan fingerprint density at radius 1 is 1.50 bits per heavy atom. The quantitative estimate of drug-likeness (QED) is 0.402. The SMILES string of the molecule is C=CC(=O)OCCCNCC(C)(C)C. The minimum absolute atomic E-state index is 0.303. The molecule has 0 aliphatic carbocycles. The van der Waals surface area contributed by atoms with Gasteiger partial charge in [-0.1, -0.05) is 27.4 Å². The molecule has 14 heavy (non-hydrogen) atoms. The molecule has 0 aromatic carbocycles. The monoisotopic (exact) mass is 199 g/mol. The third-order valence-electron chi connectivity index (χ3n) is 1.56. The Morgan fingerprint density at radius 2 is 2.14 bits per heavy atom. The van der Waals surface area contributed by atoms with Gasteiger partial charge in [0.1, 0.15) is 0 Å². The Balaban J connectivity index is 3.22. The molecule has 0 fully saturated rings. The standard InChI is InChI=1S/C11H21NO2/c1-5-10(13)14-8-6-7-12-9-11(2,3)4/h5,12H,1,6-9H2,2-4H3. The molecule has 0 saturated heterocycles. The van der Waals surface area contributed by atoms with Crippen LogP contribution in [0.1, 0.15) is 27.2 Å². The molecule has 0 spiro atoms. The average molecular weight is 199 g/mol. The molecule has 0 heterocycles. The molecule has 0 aromatic heterocycles. The zero-order valence-corrected chi connectivity index (χ0v) is 9.43. The highest BCUT2D eigenvalue weighted by Gasteiger charge is 2.08. The van der Waals surface area contributed by atoms with Crippen molar-refractivity contribution in [1.29, 1.82) is 0 Å². The Hall–Kier alpha value is -0.830. The van der Waals surface area contributed by atoms with Crippen LogP contribution < -0.4 is 5.32 Å². The summed E-state index contributed by atoms with van der Waals surface area (Å²) in [5, 5.41) is 3.30. The van der Waals surface area contributed by atoms with Crippen LogP contribution in [0.5, 0.6) is 0 Å². The van der Waals surface area contributed by atoms with Gasteiger partial charge in [-0.3, -0.25) is 0 Å². The van der Waals surface area contributed by atoms with Crippen molar-refractivity contribution in [3.63, 3.8) is 0 Å². The summed E-state index contributed by atoms with van der Waals surface area (Å²) in [7, 11) is 0. The number of rotatable bonds is 6. The molecule has 0 aromatic rings. The summed E-state index contributed by atoms with van der Waals surface area (Å²) in [6.07, 6.45) is 2.03. The minimum atomic E-state index is -0.346. The molecule has 3 heteroatoms. The van der Waals surface area contributed by atoms with E-state index in [9.17, 15) is 4.79 Å². The first-order valence-electron chi connectivity index (χ1n) is 4.95. The van der Waals surface area contributed by atoms with Gasteiger partial charge in [0.05, 0.1) is 6.61 Å². The number of hydrogen-bond donors (Lipinski definition) is 1. The van der Waals surface area contributed by atoms with E-state index >= 15 is 0 Å². The molecular weight excluding hydrogens is 178 g/mol. The van der Waals surface area contributed by atoms with E-state index in [0.717, 1.165) is 19.5 Å². The summed E-state index contributed by atoms with van der Waals surface area (Å²) < 4.78 is 4.83. The van der Waals surface area contributed by atoms with E-state index in [1.807, 2.05) is 0 Å². The van der Waals surface area contributed by atoms with E-state index in [4.69, 9.17) is 4.74 Å². The van der Waals surface area contributed by atoms with Crippen molar-refractivity contribution < 1.29 is 9.53 Å². The molecule has 0 saturated carbocycles. The average Bonchev–Trinajstić information content (AvgIpc) is 2.08. The smallest absolute Gasteiger partial charge is 0.330 e. The molecule has 0 rings (SSSR count). The first-order chi connectivity index (χ1) is 6.45. The van der Waals surface area contributed by atoms with Crippen LogP contribution in [0.15, 0.2) is 12.7 Å². The van der Waals surface area contributed by atoms with Gasteiger partial charge in [0.2, 0.25) is 0 Å². The van der Waals surface area contributed by atoms with Gasteiger partial charge >= 0.3 is 5.97 Å². The van der Waals surface area contributed by atoms with Crippen molar-refractivity contribution >= 4 is 5.97 Å². The third-order valence-corrected chi connectivity index (χ3v) is 1.56. The zero-order valence-electron chi connectivity index (χ0n) is 9.43. The van der Waals surface area contributed by atoms with Gasteiger partial charge < -0.3 is 10.1 Å². The van der Waals surface area contributed by atoms with Gasteiger partial charge in [0.15, 0.2) is 0 Å². The topological polar surface area (TPSA) is 38.3 Å². The van der Waals surface area contributed by atoms with Crippen LogP contribution in [-0.4, -0.2) is 25.7 Å². The predicted octanol–water partition coefficient (Wildman–Crippen LogP) is 1.74. The molecule has 0 aliphatic heterocycles. The van der Waals surface area contributed by atoms with Crippen LogP contribution in [-0.2, 0) is 9.53 Å². The van der Waals surface area contributed by atoms with Crippen LogP contribution in [0, 0.1) is 5.41 Å². The lowest BCUT2D eigenvalue weighted by atomic mass is 9.97. The van der Waals surface area contributed by atoms with Gasteiger partial charge in [0, 0.05) is 6.08 Å². The number of nitrogens with one attached hydrogen (secondary N) is 1. The van der Waals surface area contributed by atoms with Crippen LogP contribution in [0.4, 0.5) is 0 Å². The first-order valence-corrected chi connectivity index (χ1v) is 4.95. The lowest BCUT2D eigenvalue weighted by Gasteiger charge is -2.18. The van der Waals surface area contributed by atoms with Crippen molar-refractivity contribution in [3.05, 3.63) is 12.7 Å². The molecule has 0 aliphatic rings. The normalized spacial score (nSPS) is 11.1. The highest BCUT2D eigenvalue weighted by atomic mass is 16.5. The van der Waals surface area contributed by atoms with Gasteiger partial charge in [0.25, 0.3) is 0 Å². The lowest BCUT2D eigenvalue weighted by molar-refractivity contribution is -0.137. The van der Waals surface area contributed by atoms with Crippen LogP contribution in [0.3, 0.4) is 0 Å². The van der Waals surface area contributed by atoms with Crippen LogP contribution in [0.25, 0.3) is 0 Å². The Kier molecular flexibility index (Phi) is 6.21. The van der Waals surface area contributed by atoms with E-state index in [1.165, 1.54) is 6.08 Å².